The molecule has 6 heteroatoms. The predicted octanol–water partition coefficient (Wildman–Crippen LogP) is 3.40. The van der Waals surface area contributed by atoms with Crippen LogP contribution >= 0.6 is 12.1 Å². The van der Waals surface area contributed by atoms with Crippen LogP contribution in [0.15, 0.2) is 43.1 Å². The number of benzene rings is 1. The van der Waals surface area contributed by atoms with Gasteiger partial charge in [0.15, 0.2) is 0 Å². The molecule has 0 unspecified atom stereocenters. The van der Waals surface area contributed by atoms with Crippen molar-refractivity contribution in [2.75, 3.05) is 13.6 Å². The fourth-order valence-corrected chi connectivity index (χ4v) is 3.33. The van der Waals surface area contributed by atoms with E-state index in [4.69, 9.17) is 0 Å². The molecule has 0 aliphatic rings. The maximum Gasteiger partial charge on any atom is 0.0991 e. The molecule has 0 fully saturated rings. The topological polar surface area (TPSA) is 46.8 Å². The zero-order chi connectivity index (χ0) is 16.9. The molecule has 1 aromatic carbocycles. The summed E-state index contributed by atoms with van der Waals surface area (Å²) in [6.07, 6.45) is 8.97. The molecule has 0 spiro atoms. The van der Waals surface area contributed by atoms with E-state index in [-0.39, 0.29) is 0 Å². The maximum atomic E-state index is 4.15. The maximum absolute atomic E-state index is 4.15. The van der Waals surface area contributed by atoms with Crippen molar-refractivity contribution >= 4 is 23.0 Å². The molecule has 2 heterocycles. The van der Waals surface area contributed by atoms with Gasteiger partial charge in [0, 0.05) is 54.9 Å². The summed E-state index contributed by atoms with van der Waals surface area (Å²) in [7, 11) is 1.92. The van der Waals surface area contributed by atoms with Crippen LogP contribution < -0.4 is 9.44 Å². The summed E-state index contributed by atoms with van der Waals surface area (Å²) in [5, 5.41) is 1.34. The number of imidazole rings is 1. The van der Waals surface area contributed by atoms with E-state index in [2.05, 4.69) is 61.8 Å². The number of fused-ring (bicyclic) bond motifs is 1. The third kappa shape index (κ3) is 3.83. The van der Waals surface area contributed by atoms with Crippen LogP contribution in [-0.2, 0) is 13.0 Å². The van der Waals surface area contributed by atoms with Crippen LogP contribution in [0.25, 0.3) is 16.6 Å². The predicted molar refractivity (Wildman–Crippen MR) is 102 cm³/mol. The van der Waals surface area contributed by atoms with Gasteiger partial charge in [0.25, 0.3) is 0 Å². The molecular weight excluding hydrogens is 318 g/mol. The Labute approximate surface area is 147 Å². The fourth-order valence-electron chi connectivity index (χ4n) is 2.98. The molecule has 0 bridgehead atoms. The normalized spacial score (nSPS) is 11.7. The van der Waals surface area contributed by atoms with Crippen molar-refractivity contribution in [1.82, 2.24) is 23.6 Å². The standard InChI is InChI=1S/C18H25N5S/c1-14(2)11-23-12-15(6-7-21-24-19-3)17-5-4-16(10-18(17)23)22-9-8-20-13-22/h4-5,8-10,12-14,19,21H,6-7,11H2,1-3H3. The number of hydrogen-bond donors (Lipinski definition) is 2. The van der Waals surface area contributed by atoms with E-state index in [1.807, 2.05) is 25.8 Å². The molecule has 24 heavy (non-hydrogen) atoms. The third-order valence-electron chi connectivity index (χ3n) is 3.98. The Morgan fingerprint density at radius 2 is 2.17 bits per heavy atom. The van der Waals surface area contributed by atoms with Crippen LogP contribution in [0.4, 0.5) is 0 Å². The molecule has 2 aromatic heterocycles. The van der Waals surface area contributed by atoms with Gasteiger partial charge >= 0.3 is 0 Å². The van der Waals surface area contributed by atoms with Crippen LogP contribution in [0.3, 0.4) is 0 Å². The minimum Gasteiger partial charge on any atom is -0.347 e. The average molecular weight is 344 g/mol. The van der Waals surface area contributed by atoms with Crippen LogP contribution in [0, 0.1) is 5.92 Å². The Bertz CT molecular complexity index is 776. The third-order valence-corrected chi connectivity index (χ3v) is 4.54. The Balaban J connectivity index is 1.94. The first kappa shape index (κ1) is 17.1. The number of aromatic nitrogens is 3. The highest BCUT2D eigenvalue weighted by Gasteiger charge is 2.11. The van der Waals surface area contributed by atoms with Crippen molar-refractivity contribution in [3.05, 3.63) is 48.7 Å². The number of rotatable bonds is 8. The minimum atomic E-state index is 0.614. The van der Waals surface area contributed by atoms with Gasteiger partial charge in [-0.1, -0.05) is 19.9 Å². The van der Waals surface area contributed by atoms with E-state index in [0.29, 0.717) is 5.92 Å². The highest BCUT2D eigenvalue weighted by molar-refractivity contribution is 7.95. The largest absolute Gasteiger partial charge is 0.347 e. The number of hydrogen-bond acceptors (Lipinski definition) is 4. The Kier molecular flexibility index (Phi) is 5.60. The van der Waals surface area contributed by atoms with Crippen molar-refractivity contribution in [1.29, 1.82) is 0 Å². The molecule has 3 rings (SSSR count). The first-order valence-electron chi connectivity index (χ1n) is 8.34. The molecule has 5 nitrogen and oxygen atoms in total. The van der Waals surface area contributed by atoms with Crippen molar-refractivity contribution < 1.29 is 0 Å². The summed E-state index contributed by atoms with van der Waals surface area (Å²) in [5.41, 5.74) is 3.84. The number of nitrogens with one attached hydrogen (secondary N) is 2. The molecule has 0 aliphatic heterocycles. The average Bonchev–Trinajstić information content (AvgIpc) is 3.20. The summed E-state index contributed by atoms with van der Waals surface area (Å²) in [6, 6.07) is 6.67. The molecular formula is C18H25N5S. The molecule has 0 aliphatic carbocycles. The molecule has 128 valence electrons. The zero-order valence-corrected chi connectivity index (χ0v) is 15.3. The fraction of sp³-hybridized carbons (Fsp3) is 0.389. The molecule has 3 aromatic rings. The Morgan fingerprint density at radius 1 is 1.29 bits per heavy atom. The van der Waals surface area contributed by atoms with Gasteiger partial charge in [0.05, 0.1) is 11.8 Å². The van der Waals surface area contributed by atoms with Crippen LogP contribution in [0.1, 0.15) is 19.4 Å². The highest BCUT2D eigenvalue weighted by atomic mass is 32.2. The lowest BCUT2D eigenvalue weighted by Gasteiger charge is -2.09. The van der Waals surface area contributed by atoms with E-state index in [0.717, 1.165) is 25.2 Å². The lowest BCUT2D eigenvalue weighted by Crippen LogP contribution is -2.13. The van der Waals surface area contributed by atoms with Crippen molar-refractivity contribution in [3.8, 4) is 5.69 Å². The SMILES string of the molecule is CNSNCCc1cn(CC(C)C)c2cc(-n3ccnc3)ccc12. The second kappa shape index (κ2) is 7.88. The molecule has 0 radical (unpaired) electrons. The molecule has 0 saturated heterocycles. The van der Waals surface area contributed by atoms with E-state index in [1.54, 1.807) is 0 Å². The first-order valence-corrected chi connectivity index (χ1v) is 9.16. The number of nitrogens with zero attached hydrogens (tertiary/aromatic N) is 3. The molecule has 0 saturated carbocycles. The monoisotopic (exact) mass is 343 g/mol. The zero-order valence-electron chi connectivity index (χ0n) is 14.5. The van der Waals surface area contributed by atoms with Gasteiger partial charge in [-0.2, -0.15) is 0 Å². The van der Waals surface area contributed by atoms with Gasteiger partial charge in [-0.25, -0.2) is 4.98 Å². The van der Waals surface area contributed by atoms with Gasteiger partial charge in [0.2, 0.25) is 0 Å². The lowest BCUT2D eigenvalue weighted by molar-refractivity contribution is 0.534. The second-order valence-corrected chi connectivity index (χ2v) is 7.22. The Morgan fingerprint density at radius 3 is 2.88 bits per heavy atom. The van der Waals surface area contributed by atoms with Gasteiger partial charge in [0.1, 0.15) is 0 Å². The van der Waals surface area contributed by atoms with Gasteiger partial charge < -0.3 is 9.13 Å². The van der Waals surface area contributed by atoms with E-state index in [9.17, 15) is 0 Å². The Hall–Kier alpha value is -1.76. The summed E-state index contributed by atoms with van der Waals surface area (Å²) < 4.78 is 10.8. The first-order chi connectivity index (χ1) is 11.7. The highest BCUT2D eigenvalue weighted by Crippen LogP contribution is 2.25. The van der Waals surface area contributed by atoms with E-state index in [1.165, 1.54) is 28.6 Å². The lowest BCUT2D eigenvalue weighted by atomic mass is 10.1. The molecule has 0 atom stereocenters. The van der Waals surface area contributed by atoms with Crippen molar-refractivity contribution in [3.63, 3.8) is 0 Å². The quantitative estimate of drug-likeness (QED) is 0.486. The van der Waals surface area contributed by atoms with Crippen LogP contribution in [-0.4, -0.2) is 27.7 Å². The molecule has 0 amide bonds. The van der Waals surface area contributed by atoms with Crippen molar-refractivity contribution in [2.45, 2.75) is 26.8 Å². The smallest absolute Gasteiger partial charge is 0.0991 e. The summed E-state index contributed by atoms with van der Waals surface area (Å²) in [4.78, 5) is 4.15. The van der Waals surface area contributed by atoms with Crippen molar-refractivity contribution in [2.24, 2.45) is 5.92 Å². The molecule has 2 N–H and O–H groups in total. The summed E-state index contributed by atoms with van der Waals surface area (Å²) in [6.45, 7) is 6.49. The van der Waals surface area contributed by atoms with E-state index >= 15 is 0 Å². The van der Waals surface area contributed by atoms with Gasteiger partial charge in [-0.05, 0) is 37.1 Å². The van der Waals surface area contributed by atoms with E-state index < -0.39 is 0 Å². The van der Waals surface area contributed by atoms with Crippen LogP contribution in [0.2, 0.25) is 0 Å². The minimum absolute atomic E-state index is 0.614. The summed E-state index contributed by atoms with van der Waals surface area (Å²) in [5.74, 6) is 0.614. The van der Waals surface area contributed by atoms with Crippen LogP contribution in [0.5, 0.6) is 0 Å². The van der Waals surface area contributed by atoms with Gasteiger partial charge in [-0.3, -0.25) is 9.44 Å². The second-order valence-electron chi connectivity index (χ2n) is 6.32. The summed E-state index contributed by atoms with van der Waals surface area (Å²) >= 11 is 1.53. The van der Waals surface area contributed by atoms with Gasteiger partial charge in [-0.15, -0.1) is 0 Å².